The molecule has 0 bridgehead atoms. The van der Waals surface area contributed by atoms with Crippen molar-refractivity contribution in [1.82, 2.24) is 0 Å². The summed E-state index contributed by atoms with van der Waals surface area (Å²) in [7, 11) is 0. The maximum Gasteiger partial charge on any atom is 0.335 e. The van der Waals surface area contributed by atoms with E-state index < -0.39 is 17.8 Å². The van der Waals surface area contributed by atoms with Crippen LogP contribution in [0.25, 0.3) is 0 Å². The van der Waals surface area contributed by atoms with E-state index in [1.165, 1.54) is 31.3 Å². The Morgan fingerprint density at radius 2 is 1.81 bits per heavy atom. The first-order chi connectivity index (χ1) is 14.5. The van der Waals surface area contributed by atoms with Gasteiger partial charge in [0, 0.05) is 5.57 Å². The molecule has 2 N–H and O–H groups in total. The second kappa shape index (κ2) is 7.78. The van der Waals surface area contributed by atoms with Crippen molar-refractivity contribution in [2.45, 2.75) is 86.2 Å². The monoisotopic (exact) mass is 427 g/mol. The lowest BCUT2D eigenvalue weighted by molar-refractivity contribution is -0.145. The van der Waals surface area contributed by atoms with Crippen LogP contribution < -0.4 is 5.73 Å². The third-order valence-electron chi connectivity index (χ3n) is 9.64. The zero-order valence-corrected chi connectivity index (χ0v) is 20.2. The van der Waals surface area contributed by atoms with Gasteiger partial charge in [0.1, 0.15) is 0 Å². The smallest absolute Gasteiger partial charge is 0.335 e. The molecule has 4 aliphatic carbocycles. The predicted octanol–water partition coefficient (Wildman–Crippen LogP) is 5.42. The molecule has 0 aliphatic heterocycles. The van der Waals surface area contributed by atoms with Crippen LogP contribution in [-0.2, 0) is 14.3 Å². The van der Waals surface area contributed by atoms with E-state index in [1.54, 1.807) is 0 Å². The first kappa shape index (κ1) is 22.6. The van der Waals surface area contributed by atoms with Gasteiger partial charge in [0.2, 0.25) is 5.91 Å². The van der Waals surface area contributed by atoms with Crippen molar-refractivity contribution in [1.29, 1.82) is 0 Å². The predicted molar refractivity (Wildman–Crippen MR) is 123 cm³/mol. The van der Waals surface area contributed by atoms with Gasteiger partial charge in [-0.05, 0) is 104 Å². The normalized spacial score (nSPS) is 41.7. The number of rotatable bonds is 4. The van der Waals surface area contributed by atoms with Crippen molar-refractivity contribution in [2.75, 3.05) is 0 Å². The molecule has 4 aliphatic rings. The number of hydrogen-bond donors (Lipinski definition) is 1. The van der Waals surface area contributed by atoms with Gasteiger partial charge in [-0.25, -0.2) is 4.79 Å². The lowest BCUT2D eigenvalue weighted by Gasteiger charge is -2.58. The topological polar surface area (TPSA) is 69.4 Å². The third-order valence-corrected chi connectivity index (χ3v) is 9.64. The quantitative estimate of drug-likeness (QED) is 0.609. The van der Waals surface area contributed by atoms with Gasteiger partial charge < -0.3 is 10.5 Å². The van der Waals surface area contributed by atoms with Crippen molar-refractivity contribution in [3.8, 4) is 0 Å². The van der Waals surface area contributed by atoms with Crippen molar-refractivity contribution >= 4 is 11.9 Å². The minimum absolute atomic E-state index is 0.0958. The summed E-state index contributed by atoms with van der Waals surface area (Å²) in [6.07, 6.45) is 11.0. The number of hydrogen-bond acceptors (Lipinski definition) is 3. The molecular formula is C27H41NO3. The molecule has 0 aromatic rings. The molecule has 0 aromatic heterocycles. The summed E-state index contributed by atoms with van der Waals surface area (Å²) in [5.41, 5.74) is 7.85. The summed E-state index contributed by atoms with van der Waals surface area (Å²) in [4.78, 5) is 25.2. The lowest BCUT2D eigenvalue weighted by atomic mass is 9.46. The SMILES string of the molecule is CC(C)OC(=O)C1=CC2=CC[C@@H]3[C@@H](CC[C@]4(C)C(C(C)C)CC[C@@H]34)[C@@]2(C)CC1C(N)=O. The Bertz CT molecular complexity index is 824. The second-order valence-electron chi connectivity index (χ2n) is 11.9. The Morgan fingerprint density at radius 1 is 1.10 bits per heavy atom. The van der Waals surface area contributed by atoms with Gasteiger partial charge >= 0.3 is 5.97 Å². The Morgan fingerprint density at radius 3 is 2.42 bits per heavy atom. The highest BCUT2D eigenvalue weighted by Gasteiger charge is 2.59. The molecule has 4 rings (SSSR count). The van der Waals surface area contributed by atoms with E-state index in [0.29, 0.717) is 29.2 Å². The number of esters is 1. The number of amides is 1. The summed E-state index contributed by atoms with van der Waals surface area (Å²) in [5, 5.41) is 0. The number of fused-ring (bicyclic) bond motifs is 5. The molecule has 7 atom stereocenters. The molecule has 2 saturated carbocycles. The summed E-state index contributed by atoms with van der Waals surface area (Å²) in [6.45, 7) is 13.3. The summed E-state index contributed by atoms with van der Waals surface area (Å²) in [5.74, 6) is 2.18. The fourth-order valence-corrected chi connectivity index (χ4v) is 8.29. The molecular weight excluding hydrogens is 386 g/mol. The van der Waals surface area contributed by atoms with Gasteiger partial charge in [-0.2, -0.15) is 0 Å². The van der Waals surface area contributed by atoms with E-state index in [0.717, 1.165) is 24.2 Å². The van der Waals surface area contributed by atoms with Crippen LogP contribution in [0.4, 0.5) is 0 Å². The minimum atomic E-state index is -0.563. The van der Waals surface area contributed by atoms with E-state index >= 15 is 0 Å². The third kappa shape index (κ3) is 3.49. The Kier molecular flexibility index (Phi) is 5.67. The van der Waals surface area contributed by atoms with E-state index in [2.05, 4.69) is 33.8 Å². The standard InChI is InChI=1S/C27H41NO3/c1-15(2)21-9-10-22-18-8-7-17-13-19(25(30)31-16(3)4)20(24(28)29)14-27(17,6)23(18)11-12-26(21,22)5/h7,13,15-16,18,20-23H,8-12,14H2,1-6H3,(H2,28,29)/t18-,20?,21?,22-,23+,26+,27-/m0/s1. The maximum atomic E-state index is 12.8. The molecule has 4 nitrogen and oxygen atoms in total. The van der Waals surface area contributed by atoms with Crippen LogP contribution in [0.3, 0.4) is 0 Å². The van der Waals surface area contributed by atoms with E-state index in [1.807, 2.05) is 19.9 Å². The number of nitrogens with two attached hydrogens (primary N) is 1. The van der Waals surface area contributed by atoms with Gasteiger partial charge in [-0.1, -0.05) is 33.8 Å². The van der Waals surface area contributed by atoms with Gasteiger partial charge in [0.15, 0.2) is 0 Å². The zero-order valence-electron chi connectivity index (χ0n) is 20.2. The van der Waals surface area contributed by atoms with Gasteiger partial charge in [-0.3, -0.25) is 4.79 Å². The summed E-state index contributed by atoms with van der Waals surface area (Å²) < 4.78 is 5.45. The summed E-state index contributed by atoms with van der Waals surface area (Å²) >= 11 is 0. The number of carbonyl (C=O) groups excluding carboxylic acids is 2. The highest BCUT2D eigenvalue weighted by atomic mass is 16.5. The molecule has 1 amide bonds. The van der Waals surface area contributed by atoms with Crippen LogP contribution in [0.15, 0.2) is 23.3 Å². The first-order valence-corrected chi connectivity index (χ1v) is 12.4. The molecule has 0 aromatic carbocycles. The maximum absolute atomic E-state index is 12.8. The van der Waals surface area contributed by atoms with Crippen LogP contribution in [0.1, 0.15) is 80.1 Å². The number of ether oxygens (including phenoxy) is 1. The fraction of sp³-hybridized carbons (Fsp3) is 0.778. The number of allylic oxidation sites excluding steroid dienone is 3. The van der Waals surface area contributed by atoms with Crippen molar-refractivity contribution in [3.05, 3.63) is 23.3 Å². The van der Waals surface area contributed by atoms with E-state index in [9.17, 15) is 9.59 Å². The van der Waals surface area contributed by atoms with Crippen LogP contribution in [-0.4, -0.2) is 18.0 Å². The average Bonchev–Trinajstić information content (AvgIpc) is 3.03. The van der Waals surface area contributed by atoms with Crippen molar-refractivity contribution in [2.24, 2.45) is 52.1 Å². The molecule has 31 heavy (non-hydrogen) atoms. The van der Waals surface area contributed by atoms with Crippen LogP contribution in [0, 0.1) is 46.3 Å². The van der Waals surface area contributed by atoms with Crippen molar-refractivity contribution in [3.63, 3.8) is 0 Å². The van der Waals surface area contributed by atoms with Crippen LogP contribution >= 0.6 is 0 Å². The zero-order chi connectivity index (χ0) is 22.7. The Hall–Kier alpha value is -1.58. The molecule has 2 unspecified atom stereocenters. The molecule has 2 fully saturated rings. The highest BCUT2D eigenvalue weighted by molar-refractivity contribution is 5.97. The lowest BCUT2D eigenvalue weighted by Crippen LogP contribution is -2.51. The average molecular weight is 428 g/mol. The van der Waals surface area contributed by atoms with Crippen LogP contribution in [0.5, 0.6) is 0 Å². The largest absolute Gasteiger partial charge is 0.460 e. The van der Waals surface area contributed by atoms with Gasteiger partial charge in [0.25, 0.3) is 0 Å². The van der Waals surface area contributed by atoms with Gasteiger partial charge in [0.05, 0.1) is 12.0 Å². The first-order valence-electron chi connectivity index (χ1n) is 12.4. The van der Waals surface area contributed by atoms with Crippen LogP contribution in [0.2, 0.25) is 0 Å². The Labute approximate surface area is 188 Å². The molecule has 0 spiro atoms. The number of carbonyl (C=O) groups is 2. The molecule has 0 radical (unpaired) electrons. The van der Waals surface area contributed by atoms with Gasteiger partial charge in [-0.15, -0.1) is 0 Å². The van der Waals surface area contributed by atoms with E-state index in [-0.39, 0.29) is 11.5 Å². The molecule has 0 saturated heterocycles. The van der Waals surface area contributed by atoms with Crippen molar-refractivity contribution < 1.29 is 14.3 Å². The van der Waals surface area contributed by atoms with E-state index in [4.69, 9.17) is 10.5 Å². The Balaban J connectivity index is 1.69. The minimum Gasteiger partial charge on any atom is -0.460 e. The summed E-state index contributed by atoms with van der Waals surface area (Å²) in [6, 6.07) is 0. The fourth-order valence-electron chi connectivity index (χ4n) is 8.29. The molecule has 172 valence electrons. The number of primary amides is 1. The molecule has 0 heterocycles. The second-order valence-corrected chi connectivity index (χ2v) is 11.9. The highest BCUT2D eigenvalue weighted by Crippen LogP contribution is 2.67. The molecule has 4 heteroatoms.